The lowest BCUT2D eigenvalue weighted by Gasteiger charge is -2.43. The van der Waals surface area contributed by atoms with E-state index in [0.717, 1.165) is 0 Å². The molecule has 2 atom stereocenters. The first-order valence-corrected chi connectivity index (χ1v) is 13.6. The fraction of sp³-hybridized carbons (Fsp3) is 0.345. The molecule has 39 heavy (non-hydrogen) atoms. The van der Waals surface area contributed by atoms with E-state index in [1.165, 1.54) is 4.90 Å². The van der Waals surface area contributed by atoms with Crippen LogP contribution >= 0.6 is 23.2 Å². The summed E-state index contributed by atoms with van der Waals surface area (Å²) in [6, 6.07) is 12.7. The number of nitrogens with one attached hydrogen (secondary N) is 1. The quantitative estimate of drug-likeness (QED) is 0.360. The molecule has 0 spiro atoms. The minimum atomic E-state index is -0.772. The van der Waals surface area contributed by atoms with E-state index in [1.54, 1.807) is 55.5 Å². The molecule has 2 heterocycles. The van der Waals surface area contributed by atoms with Crippen LogP contribution in [0.1, 0.15) is 35.8 Å². The predicted molar refractivity (Wildman–Crippen MR) is 152 cm³/mol. The van der Waals surface area contributed by atoms with Crippen LogP contribution in [-0.2, 0) is 9.53 Å². The molecule has 3 amide bonds. The molecule has 4 rings (SSSR count). The molecule has 0 bridgehead atoms. The Morgan fingerprint density at radius 1 is 1.13 bits per heavy atom. The first-order valence-electron chi connectivity index (χ1n) is 12.9. The maximum atomic E-state index is 13.4. The molecule has 2 aliphatic heterocycles. The third-order valence-electron chi connectivity index (χ3n) is 6.90. The summed E-state index contributed by atoms with van der Waals surface area (Å²) >= 11 is 12.5. The molecule has 2 aromatic carbocycles. The van der Waals surface area contributed by atoms with Gasteiger partial charge in [0.25, 0.3) is 5.91 Å². The van der Waals surface area contributed by atoms with Crippen LogP contribution in [0.3, 0.4) is 0 Å². The average molecular weight is 572 g/mol. The van der Waals surface area contributed by atoms with Gasteiger partial charge in [-0.25, -0.2) is 9.59 Å². The lowest BCUT2D eigenvalue weighted by Crippen LogP contribution is -2.56. The van der Waals surface area contributed by atoms with Gasteiger partial charge in [-0.1, -0.05) is 47.5 Å². The summed E-state index contributed by atoms with van der Waals surface area (Å²) in [5, 5.41) is 3.94. The topological polar surface area (TPSA) is 82.2 Å². The number of rotatable bonds is 8. The van der Waals surface area contributed by atoms with Gasteiger partial charge in [0, 0.05) is 60.1 Å². The van der Waals surface area contributed by atoms with Gasteiger partial charge in [-0.05, 0) is 49.7 Å². The van der Waals surface area contributed by atoms with Crippen LogP contribution in [0.5, 0.6) is 0 Å². The van der Waals surface area contributed by atoms with E-state index in [0.29, 0.717) is 58.6 Å². The van der Waals surface area contributed by atoms with Crippen molar-refractivity contribution in [1.82, 2.24) is 20.0 Å². The van der Waals surface area contributed by atoms with E-state index in [1.807, 2.05) is 17.9 Å². The largest absolute Gasteiger partial charge is 0.463 e. The fourth-order valence-electron chi connectivity index (χ4n) is 5.04. The van der Waals surface area contributed by atoms with Crippen LogP contribution in [-0.4, -0.2) is 78.0 Å². The first kappa shape index (κ1) is 28.7. The Bertz CT molecular complexity index is 1280. The molecule has 1 saturated heterocycles. The minimum absolute atomic E-state index is 0.0608. The number of halogens is 2. The van der Waals surface area contributed by atoms with Gasteiger partial charge in [0.2, 0.25) is 0 Å². The first-order chi connectivity index (χ1) is 18.7. The number of hydrogen-bond acceptors (Lipinski definition) is 5. The minimum Gasteiger partial charge on any atom is -0.463 e. The molecule has 0 unspecified atom stereocenters. The van der Waals surface area contributed by atoms with Crippen LogP contribution in [0.2, 0.25) is 10.0 Å². The van der Waals surface area contributed by atoms with Crippen molar-refractivity contribution in [2.75, 3.05) is 39.3 Å². The van der Waals surface area contributed by atoms with Gasteiger partial charge in [-0.15, -0.1) is 6.58 Å². The van der Waals surface area contributed by atoms with E-state index in [2.05, 4.69) is 16.8 Å². The highest BCUT2D eigenvalue weighted by molar-refractivity contribution is 6.31. The Labute approximate surface area is 238 Å². The number of carbonyl (C=O) groups is 3. The van der Waals surface area contributed by atoms with Crippen molar-refractivity contribution in [2.24, 2.45) is 0 Å². The van der Waals surface area contributed by atoms with Crippen LogP contribution in [0.25, 0.3) is 0 Å². The van der Waals surface area contributed by atoms with E-state index in [4.69, 9.17) is 27.9 Å². The van der Waals surface area contributed by atoms with E-state index in [-0.39, 0.29) is 31.1 Å². The number of nitrogens with zero attached hydrogens (tertiary/aromatic N) is 3. The van der Waals surface area contributed by atoms with Gasteiger partial charge in [-0.2, -0.15) is 0 Å². The summed E-state index contributed by atoms with van der Waals surface area (Å²) in [6.07, 6.45) is 1.61. The van der Waals surface area contributed by atoms with Crippen molar-refractivity contribution in [1.29, 1.82) is 0 Å². The lowest BCUT2D eigenvalue weighted by molar-refractivity contribution is -0.139. The van der Waals surface area contributed by atoms with Crippen LogP contribution in [0, 0.1) is 0 Å². The molecule has 206 valence electrons. The fourth-order valence-corrected chi connectivity index (χ4v) is 5.41. The molecular formula is C29H32Cl2N4O4. The Morgan fingerprint density at radius 2 is 1.85 bits per heavy atom. The predicted octanol–water partition coefficient (Wildman–Crippen LogP) is 4.91. The van der Waals surface area contributed by atoms with Gasteiger partial charge in [0.15, 0.2) is 0 Å². The van der Waals surface area contributed by atoms with E-state index >= 15 is 0 Å². The lowest BCUT2D eigenvalue weighted by atomic mass is 9.93. The monoisotopic (exact) mass is 570 g/mol. The molecule has 10 heteroatoms. The molecule has 0 aromatic heterocycles. The van der Waals surface area contributed by atoms with Gasteiger partial charge in [-0.3, -0.25) is 14.6 Å². The number of esters is 1. The highest BCUT2D eigenvalue weighted by atomic mass is 35.5. The van der Waals surface area contributed by atoms with Gasteiger partial charge in [0.1, 0.15) is 0 Å². The zero-order valence-corrected chi connectivity index (χ0v) is 23.5. The summed E-state index contributed by atoms with van der Waals surface area (Å²) in [4.78, 5) is 45.3. The Morgan fingerprint density at radius 3 is 2.49 bits per heavy atom. The molecule has 8 nitrogen and oxygen atoms in total. The molecule has 1 N–H and O–H groups in total. The van der Waals surface area contributed by atoms with E-state index in [9.17, 15) is 14.4 Å². The standard InChI is InChI=1S/C29H32Cl2N4O4/c1-4-14-35-24(18-33-15-16-34(19(3)17-33)27(36)20-10-12-21(30)13-11-20)25(28(37)39-5-2)26(32-29(35)38)22-8-6-7-9-23(22)31/h4,6-13,19,26H,1,5,14-18H2,2-3H3,(H,32,38)/t19-,26+/m1/s1. The summed E-state index contributed by atoms with van der Waals surface area (Å²) in [6.45, 7) is 9.84. The average Bonchev–Trinajstić information content (AvgIpc) is 2.91. The number of piperazine rings is 1. The molecule has 2 aromatic rings. The number of benzene rings is 2. The Kier molecular flexibility index (Phi) is 9.32. The van der Waals surface area contributed by atoms with Crippen molar-refractivity contribution < 1.29 is 19.1 Å². The normalized spacial score (nSPS) is 20.1. The number of carbonyl (C=O) groups excluding carboxylic acids is 3. The second-order valence-corrected chi connectivity index (χ2v) is 10.3. The Hall–Kier alpha value is -3.33. The smallest absolute Gasteiger partial charge is 0.338 e. The van der Waals surface area contributed by atoms with Gasteiger partial charge in [0.05, 0.1) is 18.2 Å². The summed E-state index contributed by atoms with van der Waals surface area (Å²) in [5.74, 6) is -0.578. The highest BCUT2D eigenvalue weighted by Gasteiger charge is 2.40. The van der Waals surface area contributed by atoms with Crippen molar-refractivity contribution in [3.63, 3.8) is 0 Å². The SMILES string of the molecule is C=CCN1C(=O)N[C@@H](c2ccccc2Cl)C(C(=O)OCC)=C1CN1CCN(C(=O)c2ccc(Cl)cc2)[C@H](C)C1. The maximum absolute atomic E-state index is 13.4. The molecule has 0 aliphatic carbocycles. The number of amides is 3. The highest BCUT2D eigenvalue weighted by Crippen LogP contribution is 2.35. The molecule has 0 radical (unpaired) electrons. The number of hydrogen-bond donors (Lipinski definition) is 1. The van der Waals surface area contributed by atoms with Gasteiger partial charge >= 0.3 is 12.0 Å². The van der Waals surface area contributed by atoms with Gasteiger partial charge < -0.3 is 15.0 Å². The number of urea groups is 1. The molecular weight excluding hydrogens is 539 g/mol. The second-order valence-electron chi connectivity index (χ2n) is 9.47. The van der Waals surface area contributed by atoms with Crippen molar-refractivity contribution in [2.45, 2.75) is 25.9 Å². The van der Waals surface area contributed by atoms with Crippen molar-refractivity contribution in [3.8, 4) is 0 Å². The van der Waals surface area contributed by atoms with Crippen molar-refractivity contribution in [3.05, 3.63) is 93.6 Å². The van der Waals surface area contributed by atoms with Crippen molar-refractivity contribution >= 4 is 41.1 Å². The number of ether oxygens (including phenoxy) is 1. The Balaban J connectivity index is 1.65. The maximum Gasteiger partial charge on any atom is 0.338 e. The summed E-state index contributed by atoms with van der Waals surface area (Å²) in [7, 11) is 0. The summed E-state index contributed by atoms with van der Waals surface area (Å²) in [5.41, 5.74) is 2.05. The van der Waals surface area contributed by atoms with E-state index < -0.39 is 12.0 Å². The summed E-state index contributed by atoms with van der Waals surface area (Å²) < 4.78 is 5.46. The molecule has 2 aliphatic rings. The van der Waals surface area contributed by atoms with Crippen LogP contribution in [0.4, 0.5) is 4.79 Å². The molecule has 0 saturated carbocycles. The third-order valence-corrected chi connectivity index (χ3v) is 7.49. The third kappa shape index (κ3) is 6.30. The zero-order valence-electron chi connectivity index (χ0n) is 22.0. The van der Waals surface area contributed by atoms with Crippen LogP contribution < -0.4 is 5.32 Å². The molecule has 1 fully saturated rings. The van der Waals surface area contributed by atoms with Crippen LogP contribution in [0.15, 0.2) is 72.5 Å². The second kappa shape index (κ2) is 12.7. The zero-order chi connectivity index (χ0) is 28.1.